The number of amides is 1. The van der Waals surface area contributed by atoms with Gasteiger partial charge in [-0.15, -0.1) is 5.10 Å². The fourth-order valence-electron chi connectivity index (χ4n) is 6.10. The summed E-state index contributed by atoms with van der Waals surface area (Å²) in [5, 5.41) is 12.9. The molecule has 166 valence electrons. The van der Waals surface area contributed by atoms with E-state index in [4.69, 9.17) is 4.98 Å². The molecule has 2 aliphatic carbocycles. The molecule has 6 nitrogen and oxygen atoms in total. The van der Waals surface area contributed by atoms with Gasteiger partial charge in [0.25, 0.3) is 0 Å². The van der Waals surface area contributed by atoms with Gasteiger partial charge in [-0.2, -0.15) is 10.2 Å². The predicted octanol–water partition coefficient (Wildman–Crippen LogP) is 4.24. The van der Waals surface area contributed by atoms with Crippen molar-refractivity contribution < 1.29 is 13.6 Å². The van der Waals surface area contributed by atoms with Crippen LogP contribution in [0.5, 0.6) is 0 Å². The zero-order valence-electron chi connectivity index (χ0n) is 18.2. The highest BCUT2D eigenvalue weighted by Gasteiger charge is 2.65. The number of nitrogens with zero attached hydrogens (tertiary/aromatic N) is 4. The van der Waals surface area contributed by atoms with Gasteiger partial charge in [-0.25, -0.2) is 14.2 Å². The molecule has 1 saturated carbocycles. The zero-order valence-corrected chi connectivity index (χ0v) is 18.2. The van der Waals surface area contributed by atoms with E-state index in [1.54, 1.807) is 6.07 Å². The summed E-state index contributed by atoms with van der Waals surface area (Å²) in [6.45, 7) is 4.39. The van der Waals surface area contributed by atoms with Gasteiger partial charge >= 0.3 is 0 Å². The van der Waals surface area contributed by atoms with Gasteiger partial charge in [0.1, 0.15) is 11.6 Å². The van der Waals surface area contributed by atoms with Crippen LogP contribution in [0.4, 0.5) is 8.78 Å². The second kappa shape index (κ2) is 6.73. The highest BCUT2D eigenvalue weighted by Crippen LogP contribution is 2.69. The molecule has 8 heteroatoms. The van der Waals surface area contributed by atoms with Crippen molar-refractivity contribution >= 4 is 11.6 Å². The van der Waals surface area contributed by atoms with Gasteiger partial charge in [-0.3, -0.25) is 9.78 Å². The molecule has 1 amide bonds. The van der Waals surface area contributed by atoms with Crippen LogP contribution in [0.1, 0.15) is 61.7 Å². The lowest BCUT2D eigenvalue weighted by Gasteiger charge is -2.37. The number of rotatable bonds is 3. The zero-order chi connectivity index (χ0) is 23.0. The first-order valence-corrected chi connectivity index (χ1v) is 11.0. The molecule has 0 unspecified atom stereocenters. The molecule has 3 aromatic rings. The molecule has 2 aromatic heterocycles. The summed E-state index contributed by atoms with van der Waals surface area (Å²) in [6, 6.07) is 11.4. The monoisotopic (exact) mass is 445 g/mol. The molecular weight excluding hydrogens is 424 g/mol. The smallest absolute Gasteiger partial charge is 0.246 e. The van der Waals surface area contributed by atoms with Crippen LogP contribution < -0.4 is 5.43 Å². The summed E-state index contributed by atoms with van der Waals surface area (Å²) in [5.41, 5.74) is 5.72. The number of pyridine rings is 1. The molecule has 1 fully saturated rings. The van der Waals surface area contributed by atoms with Crippen LogP contribution in [-0.2, 0) is 10.2 Å². The van der Waals surface area contributed by atoms with Crippen molar-refractivity contribution in [3.05, 3.63) is 76.7 Å². The maximum atomic E-state index is 14.4. The van der Waals surface area contributed by atoms with Crippen LogP contribution in [0.2, 0.25) is 0 Å². The Morgan fingerprint density at radius 2 is 1.79 bits per heavy atom. The largest absolute Gasteiger partial charge is 0.273 e. The minimum Gasteiger partial charge on any atom is -0.273 e. The Labute approximate surface area is 189 Å². The number of aromatic nitrogens is 3. The third-order valence-corrected chi connectivity index (χ3v) is 7.73. The predicted molar refractivity (Wildman–Crippen MR) is 117 cm³/mol. The van der Waals surface area contributed by atoms with Gasteiger partial charge in [0, 0.05) is 0 Å². The summed E-state index contributed by atoms with van der Waals surface area (Å²) in [7, 11) is 0. The van der Waals surface area contributed by atoms with Crippen molar-refractivity contribution in [2.75, 3.05) is 0 Å². The summed E-state index contributed by atoms with van der Waals surface area (Å²) >= 11 is 0. The van der Waals surface area contributed by atoms with Gasteiger partial charge in [0.15, 0.2) is 0 Å². The number of halogens is 2. The van der Waals surface area contributed by atoms with E-state index >= 15 is 0 Å². The van der Waals surface area contributed by atoms with E-state index in [1.165, 1.54) is 18.2 Å². The summed E-state index contributed by atoms with van der Waals surface area (Å²) in [5.74, 6) is -1.30. The van der Waals surface area contributed by atoms with E-state index in [2.05, 4.69) is 34.6 Å². The molecule has 2 atom stereocenters. The molecular formula is C25H21F2N5O. The fraction of sp³-hybridized carbons (Fsp3) is 0.320. The lowest BCUT2D eigenvalue weighted by Crippen LogP contribution is -2.38. The van der Waals surface area contributed by atoms with Crippen LogP contribution in [0.15, 0.2) is 47.6 Å². The van der Waals surface area contributed by atoms with E-state index in [1.807, 2.05) is 18.2 Å². The Morgan fingerprint density at radius 1 is 1.03 bits per heavy atom. The first kappa shape index (κ1) is 20.1. The molecule has 3 heterocycles. The Kier molecular flexibility index (Phi) is 4.09. The standard InChI is InChI=1S/C25H21F2N5O/c1-24(2)14-9-10-25(24,20-8-4-7-17(28-20)18-12-21(33)31-29-18)23-13(14)11-19(30-32-23)22-15(26)5-3-6-16(22)27/h3-8,11,14H,9-10,12H2,1-2H3,(H,31,33)/t14-,25-/m0/s1. The number of carbonyl (C=O) groups is 1. The Hall–Kier alpha value is -3.55. The lowest BCUT2D eigenvalue weighted by atomic mass is 9.66. The third-order valence-electron chi connectivity index (χ3n) is 7.73. The Bertz CT molecular complexity index is 1350. The van der Waals surface area contributed by atoms with E-state index in [0.29, 0.717) is 11.4 Å². The SMILES string of the molecule is CC1(C)[C@H]2CC[C@]1(c1cccc(C3=NNC(=O)C3)n1)c1nnc(-c3c(F)cccc3F)cc12. The average molecular weight is 445 g/mol. The van der Waals surface area contributed by atoms with Gasteiger partial charge in [-0.05, 0) is 60.1 Å². The number of hydrogen-bond acceptors (Lipinski definition) is 5. The minimum atomic E-state index is -0.656. The Balaban J connectivity index is 1.51. The van der Waals surface area contributed by atoms with Crippen LogP contribution in [-0.4, -0.2) is 26.8 Å². The molecule has 6 rings (SSSR count). The van der Waals surface area contributed by atoms with Crippen LogP contribution in [0.3, 0.4) is 0 Å². The lowest BCUT2D eigenvalue weighted by molar-refractivity contribution is -0.119. The van der Waals surface area contributed by atoms with Gasteiger partial charge in [-0.1, -0.05) is 26.0 Å². The topological polar surface area (TPSA) is 80.1 Å². The molecule has 0 saturated heterocycles. The average Bonchev–Trinajstić information content (AvgIpc) is 3.40. The quantitative estimate of drug-likeness (QED) is 0.654. The minimum absolute atomic E-state index is 0.151. The van der Waals surface area contributed by atoms with E-state index in [0.717, 1.165) is 29.8 Å². The van der Waals surface area contributed by atoms with Gasteiger partial charge in [0.2, 0.25) is 5.91 Å². The van der Waals surface area contributed by atoms with Gasteiger partial charge < -0.3 is 0 Å². The maximum absolute atomic E-state index is 14.4. The van der Waals surface area contributed by atoms with Crippen molar-refractivity contribution in [2.24, 2.45) is 10.5 Å². The number of hydrogen-bond donors (Lipinski definition) is 1. The van der Waals surface area contributed by atoms with Crippen LogP contribution in [0.25, 0.3) is 11.3 Å². The number of benzene rings is 1. The molecule has 3 aliphatic rings. The molecule has 1 N–H and O–H groups in total. The second-order valence-corrected chi connectivity index (χ2v) is 9.53. The second-order valence-electron chi connectivity index (χ2n) is 9.53. The van der Waals surface area contributed by atoms with Crippen molar-refractivity contribution in [1.82, 2.24) is 20.6 Å². The highest BCUT2D eigenvalue weighted by atomic mass is 19.1. The van der Waals surface area contributed by atoms with E-state index in [-0.39, 0.29) is 34.9 Å². The molecule has 0 spiro atoms. The van der Waals surface area contributed by atoms with Crippen LogP contribution >= 0.6 is 0 Å². The molecule has 1 aliphatic heterocycles. The van der Waals surface area contributed by atoms with E-state index < -0.39 is 17.0 Å². The third kappa shape index (κ3) is 2.60. The van der Waals surface area contributed by atoms with E-state index in [9.17, 15) is 13.6 Å². The number of hydrazone groups is 1. The highest BCUT2D eigenvalue weighted by molar-refractivity contribution is 6.12. The molecule has 1 aromatic carbocycles. The normalized spacial score (nSPS) is 24.5. The maximum Gasteiger partial charge on any atom is 0.246 e. The summed E-state index contributed by atoms with van der Waals surface area (Å²) < 4.78 is 28.9. The summed E-state index contributed by atoms with van der Waals surface area (Å²) in [4.78, 5) is 16.6. The van der Waals surface area contributed by atoms with Crippen molar-refractivity contribution in [2.45, 2.75) is 44.4 Å². The van der Waals surface area contributed by atoms with Crippen molar-refractivity contribution in [1.29, 1.82) is 0 Å². The molecule has 2 bridgehead atoms. The number of nitrogens with one attached hydrogen (secondary N) is 1. The first-order valence-electron chi connectivity index (χ1n) is 11.0. The van der Waals surface area contributed by atoms with Gasteiger partial charge in [0.05, 0.1) is 45.9 Å². The van der Waals surface area contributed by atoms with Crippen molar-refractivity contribution in [3.8, 4) is 11.3 Å². The van der Waals surface area contributed by atoms with Crippen LogP contribution in [0, 0.1) is 17.0 Å². The van der Waals surface area contributed by atoms with Crippen molar-refractivity contribution in [3.63, 3.8) is 0 Å². The molecule has 0 radical (unpaired) electrons. The first-order chi connectivity index (χ1) is 15.8. The number of carbonyl (C=O) groups excluding carboxylic acids is 1. The molecule has 33 heavy (non-hydrogen) atoms. The fourth-order valence-corrected chi connectivity index (χ4v) is 6.10. The summed E-state index contributed by atoms with van der Waals surface area (Å²) in [6.07, 6.45) is 1.96. The number of fused-ring (bicyclic) bond motifs is 5. The Morgan fingerprint density at radius 3 is 2.52 bits per heavy atom.